The van der Waals surface area contributed by atoms with Crippen molar-refractivity contribution in [2.75, 3.05) is 12.2 Å². The Bertz CT molecular complexity index is 692. The van der Waals surface area contributed by atoms with E-state index in [1.807, 2.05) is 30.3 Å². The second-order valence-electron chi connectivity index (χ2n) is 6.90. The summed E-state index contributed by atoms with van der Waals surface area (Å²) in [6.07, 6.45) is -0.366. The van der Waals surface area contributed by atoms with Crippen LogP contribution in [0.2, 0.25) is 0 Å². The molecular weight excluding hydrogens is 469 g/mol. The molecule has 0 saturated carbocycles. The SMILES string of the molecule is CC(C)SP(=S)(CN(C(=O)OCc1ccccc1)C(CCCl)C(=O)O)SC(C)C. The number of carbonyl (C=O) groups is 2. The highest BCUT2D eigenvalue weighted by atomic mass is 35.5. The fourth-order valence-electron chi connectivity index (χ4n) is 2.52. The molecular formula is C19H29ClNO4PS3. The second-order valence-corrected chi connectivity index (χ2v) is 20.0. The monoisotopic (exact) mass is 497 g/mol. The lowest BCUT2D eigenvalue weighted by atomic mass is 10.2. The normalized spacial score (nSPS) is 12.8. The zero-order chi connectivity index (χ0) is 22.0. The highest BCUT2D eigenvalue weighted by Crippen LogP contribution is 2.72. The maximum absolute atomic E-state index is 12.9. The number of rotatable bonds is 12. The fourth-order valence-corrected chi connectivity index (χ4v) is 17.0. The van der Waals surface area contributed by atoms with E-state index in [2.05, 4.69) is 27.7 Å². The van der Waals surface area contributed by atoms with Gasteiger partial charge in [-0.05, 0) is 12.0 Å². The molecule has 1 aromatic rings. The standard InChI is InChI=1S/C19H29ClNO4PS3/c1-14(2)28-26(27,29-15(3)4)13-21(17(10-11-20)18(22)23)19(24)25-12-16-8-6-5-7-9-16/h5-9,14-15,17H,10-13H2,1-4H3,(H,22,23). The zero-order valence-corrected chi connectivity index (χ0v) is 21.2. The number of nitrogens with zero attached hydrogens (tertiary/aromatic N) is 1. The Labute approximate surface area is 191 Å². The lowest BCUT2D eigenvalue weighted by Gasteiger charge is -2.34. The molecule has 1 aromatic carbocycles. The Morgan fingerprint density at radius 1 is 1.17 bits per heavy atom. The average molecular weight is 498 g/mol. The number of halogens is 1. The predicted octanol–water partition coefficient (Wildman–Crippen LogP) is 6.26. The van der Waals surface area contributed by atoms with Crippen LogP contribution in [0.1, 0.15) is 39.7 Å². The van der Waals surface area contributed by atoms with Crippen molar-refractivity contribution in [3.8, 4) is 0 Å². The Morgan fingerprint density at radius 2 is 1.72 bits per heavy atom. The van der Waals surface area contributed by atoms with Crippen molar-refractivity contribution in [1.29, 1.82) is 0 Å². The molecule has 0 aliphatic rings. The maximum atomic E-state index is 12.9. The average Bonchev–Trinajstić information content (AvgIpc) is 2.61. The van der Waals surface area contributed by atoms with Gasteiger partial charge in [-0.15, -0.1) is 34.4 Å². The number of ether oxygens (including phenoxy) is 1. The lowest BCUT2D eigenvalue weighted by Crippen LogP contribution is -2.45. The number of aliphatic carboxylic acids is 1. The first-order valence-electron chi connectivity index (χ1n) is 9.30. The summed E-state index contributed by atoms with van der Waals surface area (Å²) in [7, 11) is 0. The smallest absolute Gasteiger partial charge is 0.411 e. The van der Waals surface area contributed by atoms with Gasteiger partial charge >= 0.3 is 12.1 Å². The minimum atomic E-state index is -2.17. The van der Waals surface area contributed by atoms with Crippen LogP contribution < -0.4 is 0 Å². The predicted molar refractivity (Wildman–Crippen MR) is 130 cm³/mol. The van der Waals surface area contributed by atoms with Gasteiger partial charge in [0.25, 0.3) is 0 Å². The number of hydrogen-bond acceptors (Lipinski definition) is 6. The van der Waals surface area contributed by atoms with Gasteiger partial charge < -0.3 is 9.84 Å². The lowest BCUT2D eigenvalue weighted by molar-refractivity contribution is -0.142. The largest absolute Gasteiger partial charge is 0.480 e. The number of carboxylic acid groups (broad SMARTS) is 1. The summed E-state index contributed by atoms with van der Waals surface area (Å²) in [6, 6.07) is 8.20. The van der Waals surface area contributed by atoms with Gasteiger partial charge in [-0.2, -0.15) is 0 Å². The summed E-state index contributed by atoms with van der Waals surface area (Å²) in [4.78, 5) is 26.1. The zero-order valence-electron chi connectivity index (χ0n) is 17.1. The molecule has 0 aromatic heterocycles. The van der Waals surface area contributed by atoms with Gasteiger partial charge in [0.2, 0.25) is 0 Å². The second kappa shape index (κ2) is 13.1. The molecule has 29 heavy (non-hydrogen) atoms. The molecule has 0 spiro atoms. The molecule has 0 aliphatic heterocycles. The molecule has 0 saturated heterocycles. The van der Waals surface area contributed by atoms with E-state index in [9.17, 15) is 14.7 Å². The highest BCUT2D eigenvalue weighted by Gasteiger charge is 2.36. The van der Waals surface area contributed by atoms with Crippen molar-refractivity contribution in [1.82, 2.24) is 4.90 Å². The van der Waals surface area contributed by atoms with E-state index in [4.69, 9.17) is 28.1 Å². The van der Waals surface area contributed by atoms with Crippen LogP contribution in [-0.4, -0.2) is 50.8 Å². The van der Waals surface area contributed by atoms with E-state index in [1.165, 1.54) is 4.90 Å². The minimum absolute atomic E-state index is 0.0703. The van der Waals surface area contributed by atoms with Crippen LogP contribution in [0.3, 0.4) is 0 Å². The van der Waals surface area contributed by atoms with E-state index in [0.717, 1.165) is 5.56 Å². The first kappa shape index (κ1) is 26.6. The molecule has 5 nitrogen and oxygen atoms in total. The van der Waals surface area contributed by atoms with Gasteiger partial charge in [-0.3, -0.25) is 4.90 Å². The maximum Gasteiger partial charge on any atom is 0.411 e. The van der Waals surface area contributed by atoms with Crippen molar-refractivity contribution in [3.63, 3.8) is 0 Å². The molecule has 10 heteroatoms. The summed E-state index contributed by atoms with van der Waals surface area (Å²) < 4.78 is 3.29. The van der Waals surface area contributed by atoms with Gasteiger partial charge in [0.1, 0.15) is 12.6 Å². The van der Waals surface area contributed by atoms with Gasteiger partial charge in [0, 0.05) is 16.4 Å². The highest BCUT2D eigenvalue weighted by molar-refractivity contribution is 9.00. The fraction of sp³-hybridized carbons (Fsp3) is 0.579. The van der Waals surface area contributed by atoms with Gasteiger partial charge in [0.05, 0.1) is 10.7 Å². The third kappa shape index (κ3) is 9.97. The van der Waals surface area contributed by atoms with Crippen molar-refractivity contribution in [3.05, 3.63) is 35.9 Å². The number of amides is 1. The molecule has 164 valence electrons. The Balaban J connectivity index is 3.11. The molecule has 0 radical (unpaired) electrons. The van der Waals surface area contributed by atoms with E-state index in [0.29, 0.717) is 0 Å². The summed E-state index contributed by atoms with van der Waals surface area (Å²) in [5.74, 6) is -0.982. The van der Waals surface area contributed by atoms with Gasteiger partial charge in [0.15, 0.2) is 0 Å². The van der Waals surface area contributed by atoms with Crippen molar-refractivity contribution >= 4 is 62.7 Å². The molecule has 0 fully saturated rings. The van der Waals surface area contributed by atoms with E-state index in [1.54, 1.807) is 22.8 Å². The van der Waals surface area contributed by atoms with Crippen LogP contribution in [0, 0.1) is 0 Å². The number of hydrogen-bond donors (Lipinski definition) is 1. The topological polar surface area (TPSA) is 66.8 Å². The Morgan fingerprint density at radius 3 is 2.17 bits per heavy atom. The van der Waals surface area contributed by atoms with Crippen LogP contribution >= 0.6 is 38.8 Å². The molecule has 1 N–H and O–H groups in total. The van der Waals surface area contributed by atoms with E-state index >= 15 is 0 Å². The summed E-state index contributed by atoms with van der Waals surface area (Å²) in [5.41, 5.74) is 0.831. The molecule has 0 heterocycles. The van der Waals surface area contributed by atoms with E-state index < -0.39 is 22.5 Å². The molecule has 1 unspecified atom stereocenters. The Hall–Kier alpha value is -0.400. The summed E-state index contributed by atoms with van der Waals surface area (Å²) in [6.45, 7) is 8.29. The van der Waals surface area contributed by atoms with Gasteiger partial charge in [-0.1, -0.05) is 69.8 Å². The number of alkyl halides is 1. The molecule has 0 aliphatic carbocycles. The Kier molecular flexibility index (Phi) is 12.0. The van der Waals surface area contributed by atoms with Crippen molar-refractivity contribution in [2.24, 2.45) is 0 Å². The van der Waals surface area contributed by atoms with Gasteiger partial charge in [-0.25, -0.2) is 9.59 Å². The number of benzene rings is 1. The van der Waals surface area contributed by atoms with Crippen LogP contribution in [0.25, 0.3) is 0 Å². The van der Waals surface area contributed by atoms with E-state index in [-0.39, 0.29) is 35.7 Å². The summed E-state index contributed by atoms with van der Waals surface area (Å²) >= 11 is 15.1. The third-order valence-electron chi connectivity index (χ3n) is 3.55. The number of carbonyl (C=O) groups excluding carboxylic acids is 1. The molecule has 1 amide bonds. The first-order chi connectivity index (χ1) is 13.6. The number of carboxylic acids is 1. The van der Waals surface area contributed by atoms with Crippen LogP contribution in [0.15, 0.2) is 30.3 Å². The molecule has 0 bridgehead atoms. The minimum Gasteiger partial charge on any atom is -0.480 e. The quantitative estimate of drug-likeness (QED) is 0.270. The third-order valence-corrected chi connectivity index (χ3v) is 14.5. The molecule has 1 rings (SSSR count). The summed E-state index contributed by atoms with van der Waals surface area (Å²) in [5, 5.41) is 10.3. The molecule has 1 atom stereocenters. The van der Waals surface area contributed by atoms with Crippen LogP contribution in [-0.2, 0) is 27.9 Å². The van der Waals surface area contributed by atoms with Crippen LogP contribution in [0.5, 0.6) is 0 Å². The van der Waals surface area contributed by atoms with Crippen LogP contribution in [0.4, 0.5) is 4.79 Å². The van der Waals surface area contributed by atoms with Crippen molar-refractivity contribution < 1.29 is 19.4 Å². The van der Waals surface area contributed by atoms with Crippen molar-refractivity contribution in [2.45, 2.75) is 57.3 Å². The first-order valence-corrected chi connectivity index (χ1v) is 15.8.